The van der Waals surface area contributed by atoms with Crippen LogP contribution < -0.4 is 16.2 Å². The van der Waals surface area contributed by atoms with Crippen LogP contribution in [0, 0.1) is 0 Å². The summed E-state index contributed by atoms with van der Waals surface area (Å²) in [5.74, 6) is -0.465. The smallest absolute Gasteiger partial charge is 0.279 e. The second-order valence-electron chi connectivity index (χ2n) is 4.36. The van der Waals surface area contributed by atoms with Gasteiger partial charge in [-0.1, -0.05) is 6.07 Å². The Morgan fingerprint density at radius 3 is 3.00 bits per heavy atom. The van der Waals surface area contributed by atoms with Crippen LogP contribution in [-0.4, -0.2) is 49.4 Å². The van der Waals surface area contributed by atoms with Crippen LogP contribution in [0.3, 0.4) is 0 Å². The standard InChI is InChI=1S/C12H18N4O2S/c17-11(9-16-6-2-4-13-5-7-16)14-15-12(18)10-3-1-8-19-10/h1,3,8,13H,2,4-7,9H2,(H,14,17)(H,15,18). The highest BCUT2D eigenvalue weighted by molar-refractivity contribution is 7.12. The highest BCUT2D eigenvalue weighted by Gasteiger charge is 2.13. The summed E-state index contributed by atoms with van der Waals surface area (Å²) >= 11 is 1.34. The fraction of sp³-hybridized carbons (Fsp3) is 0.500. The van der Waals surface area contributed by atoms with Crippen LogP contribution in [0.2, 0.25) is 0 Å². The van der Waals surface area contributed by atoms with Crippen molar-refractivity contribution in [2.45, 2.75) is 6.42 Å². The summed E-state index contributed by atoms with van der Waals surface area (Å²) in [4.78, 5) is 26.0. The van der Waals surface area contributed by atoms with E-state index in [-0.39, 0.29) is 11.8 Å². The molecule has 0 saturated carbocycles. The highest BCUT2D eigenvalue weighted by Crippen LogP contribution is 2.06. The molecule has 2 amide bonds. The van der Waals surface area contributed by atoms with E-state index in [1.165, 1.54) is 11.3 Å². The van der Waals surface area contributed by atoms with Crippen molar-refractivity contribution in [1.29, 1.82) is 0 Å². The second kappa shape index (κ2) is 7.22. The number of nitrogens with zero attached hydrogens (tertiary/aromatic N) is 1. The SMILES string of the molecule is O=C(CN1CCCNCC1)NNC(=O)c1cccs1. The number of nitrogens with one attached hydrogen (secondary N) is 3. The lowest BCUT2D eigenvalue weighted by atomic mass is 10.4. The number of thiophene rings is 1. The average Bonchev–Trinajstić information content (AvgIpc) is 2.82. The van der Waals surface area contributed by atoms with E-state index in [0.717, 1.165) is 32.6 Å². The predicted molar refractivity (Wildman–Crippen MR) is 73.9 cm³/mol. The maximum atomic E-state index is 11.7. The maximum absolute atomic E-state index is 11.7. The quantitative estimate of drug-likeness (QED) is 0.672. The molecule has 1 saturated heterocycles. The molecule has 1 aromatic heterocycles. The molecule has 1 aromatic rings. The van der Waals surface area contributed by atoms with E-state index >= 15 is 0 Å². The van der Waals surface area contributed by atoms with Gasteiger partial charge in [0, 0.05) is 13.1 Å². The molecule has 2 rings (SSSR count). The van der Waals surface area contributed by atoms with Gasteiger partial charge in [-0.25, -0.2) is 0 Å². The van der Waals surface area contributed by atoms with Crippen LogP contribution >= 0.6 is 11.3 Å². The van der Waals surface area contributed by atoms with Gasteiger partial charge in [-0.2, -0.15) is 0 Å². The number of hydrazine groups is 1. The molecule has 104 valence electrons. The zero-order chi connectivity index (χ0) is 13.5. The number of amides is 2. The van der Waals surface area contributed by atoms with Crippen molar-refractivity contribution in [1.82, 2.24) is 21.1 Å². The van der Waals surface area contributed by atoms with E-state index in [4.69, 9.17) is 0 Å². The van der Waals surface area contributed by atoms with Crippen molar-refractivity contribution in [2.75, 3.05) is 32.7 Å². The molecule has 1 aliphatic heterocycles. The van der Waals surface area contributed by atoms with Gasteiger partial charge in [0.05, 0.1) is 11.4 Å². The molecule has 19 heavy (non-hydrogen) atoms. The molecule has 0 unspecified atom stereocenters. The van der Waals surface area contributed by atoms with Gasteiger partial charge >= 0.3 is 0 Å². The van der Waals surface area contributed by atoms with E-state index < -0.39 is 0 Å². The van der Waals surface area contributed by atoms with Crippen LogP contribution in [0.15, 0.2) is 17.5 Å². The Kier molecular flexibility index (Phi) is 5.31. The largest absolute Gasteiger partial charge is 0.315 e. The summed E-state index contributed by atoms with van der Waals surface area (Å²) in [6.07, 6.45) is 1.04. The molecule has 0 aliphatic carbocycles. The minimum Gasteiger partial charge on any atom is -0.315 e. The predicted octanol–water partition coefficient (Wildman–Crippen LogP) is -0.196. The molecule has 7 heteroatoms. The number of rotatable bonds is 3. The lowest BCUT2D eigenvalue weighted by Crippen LogP contribution is -2.46. The zero-order valence-corrected chi connectivity index (χ0v) is 11.5. The molecule has 0 radical (unpaired) electrons. The van der Waals surface area contributed by atoms with Crippen LogP contribution in [0.1, 0.15) is 16.1 Å². The van der Waals surface area contributed by atoms with E-state index in [9.17, 15) is 9.59 Å². The molecule has 0 bridgehead atoms. The summed E-state index contributed by atoms with van der Waals surface area (Å²) in [6.45, 7) is 3.96. The van der Waals surface area contributed by atoms with E-state index in [1.54, 1.807) is 12.1 Å². The molecule has 0 aromatic carbocycles. The highest BCUT2D eigenvalue weighted by atomic mass is 32.1. The van der Waals surface area contributed by atoms with Gasteiger partial charge in [-0.05, 0) is 31.0 Å². The molecular weight excluding hydrogens is 264 g/mol. The van der Waals surface area contributed by atoms with Crippen molar-refractivity contribution < 1.29 is 9.59 Å². The summed E-state index contributed by atoms with van der Waals surface area (Å²) < 4.78 is 0. The topological polar surface area (TPSA) is 73.5 Å². The third kappa shape index (κ3) is 4.62. The minimum absolute atomic E-state index is 0.188. The van der Waals surface area contributed by atoms with Gasteiger partial charge in [-0.15, -0.1) is 11.3 Å². The Hall–Kier alpha value is -1.44. The molecule has 1 fully saturated rings. The Bertz CT molecular complexity index is 413. The maximum Gasteiger partial charge on any atom is 0.279 e. The second-order valence-corrected chi connectivity index (χ2v) is 5.31. The molecule has 1 aliphatic rings. The van der Waals surface area contributed by atoms with E-state index in [1.807, 2.05) is 5.38 Å². The van der Waals surface area contributed by atoms with Gasteiger partial charge < -0.3 is 5.32 Å². The van der Waals surface area contributed by atoms with Gasteiger partial charge in [0.15, 0.2) is 0 Å². The van der Waals surface area contributed by atoms with Gasteiger partial charge in [0.25, 0.3) is 11.8 Å². The summed E-state index contributed by atoms with van der Waals surface area (Å²) in [5, 5.41) is 5.10. The zero-order valence-electron chi connectivity index (χ0n) is 10.6. The fourth-order valence-electron chi connectivity index (χ4n) is 1.90. The summed E-state index contributed by atoms with van der Waals surface area (Å²) in [5.41, 5.74) is 4.86. The Morgan fingerprint density at radius 1 is 1.32 bits per heavy atom. The molecule has 2 heterocycles. The van der Waals surface area contributed by atoms with Crippen molar-refractivity contribution in [2.24, 2.45) is 0 Å². The third-order valence-electron chi connectivity index (χ3n) is 2.86. The van der Waals surface area contributed by atoms with Crippen LogP contribution in [0.25, 0.3) is 0 Å². The fourth-order valence-corrected chi connectivity index (χ4v) is 2.52. The van der Waals surface area contributed by atoms with Crippen LogP contribution in [0.4, 0.5) is 0 Å². The number of hydrogen-bond donors (Lipinski definition) is 3. The van der Waals surface area contributed by atoms with Crippen molar-refractivity contribution in [3.05, 3.63) is 22.4 Å². The minimum atomic E-state index is -0.277. The van der Waals surface area contributed by atoms with E-state index in [2.05, 4.69) is 21.1 Å². The molecule has 6 nitrogen and oxygen atoms in total. The molecule has 0 atom stereocenters. The van der Waals surface area contributed by atoms with Gasteiger partial charge in [0.1, 0.15) is 0 Å². The first-order valence-electron chi connectivity index (χ1n) is 6.31. The van der Waals surface area contributed by atoms with Gasteiger partial charge in [-0.3, -0.25) is 25.3 Å². The number of carbonyl (C=O) groups is 2. The van der Waals surface area contributed by atoms with Crippen LogP contribution in [0.5, 0.6) is 0 Å². The average molecular weight is 282 g/mol. The Balaban J connectivity index is 1.70. The van der Waals surface area contributed by atoms with Crippen LogP contribution in [-0.2, 0) is 4.79 Å². The first kappa shape index (κ1) is 14.0. The third-order valence-corrected chi connectivity index (χ3v) is 3.73. The first-order valence-corrected chi connectivity index (χ1v) is 7.19. The summed E-state index contributed by atoms with van der Waals surface area (Å²) in [7, 11) is 0. The van der Waals surface area contributed by atoms with E-state index in [0.29, 0.717) is 11.4 Å². The lowest BCUT2D eigenvalue weighted by Gasteiger charge is -2.18. The first-order chi connectivity index (χ1) is 9.25. The molecule has 3 N–H and O–H groups in total. The van der Waals surface area contributed by atoms with Crippen molar-refractivity contribution >= 4 is 23.2 Å². The Labute approximate surface area is 116 Å². The number of hydrogen-bond acceptors (Lipinski definition) is 5. The molecular formula is C12H18N4O2S. The van der Waals surface area contributed by atoms with Crippen molar-refractivity contribution in [3.63, 3.8) is 0 Å². The van der Waals surface area contributed by atoms with Crippen molar-refractivity contribution in [3.8, 4) is 0 Å². The lowest BCUT2D eigenvalue weighted by molar-refractivity contribution is -0.123. The summed E-state index contributed by atoms with van der Waals surface area (Å²) in [6, 6.07) is 3.51. The molecule has 0 spiro atoms. The Morgan fingerprint density at radius 2 is 2.21 bits per heavy atom. The normalized spacial score (nSPS) is 16.6. The number of carbonyl (C=O) groups excluding carboxylic acids is 2. The monoisotopic (exact) mass is 282 g/mol. The van der Waals surface area contributed by atoms with Gasteiger partial charge in [0.2, 0.25) is 0 Å².